The third-order valence-corrected chi connectivity index (χ3v) is 2.59. The summed E-state index contributed by atoms with van der Waals surface area (Å²) in [6.07, 6.45) is -4.12. The van der Waals surface area contributed by atoms with Crippen LogP contribution in [0.5, 0.6) is 0 Å². The van der Waals surface area contributed by atoms with Crippen LogP contribution in [0.2, 0.25) is 0 Å². The zero-order valence-electron chi connectivity index (χ0n) is 9.40. The van der Waals surface area contributed by atoms with Gasteiger partial charge in [0.25, 0.3) is 5.78 Å². The summed E-state index contributed by atoms with van der Waals surface area (Å²) < 4.78 is 38.4. The summed E-state index contributed by atoms with van der Waals surface area (Å²) in [6, 6.07) is 5.78. The fraction of sp³-hybridized carbons (Fsp3) is 0.167. The number of hydrogen-bond donors (Lipinski definition) is 0. The Hall–Kier alpha value is -2.31. The van der Waals surface area contributed by atoms with Crippen LogP contribution in [-0.2, 0) is 11.3 Å². The Bertz CT molecular complexity index is 658. The van der Waals surface area contributed by atoms with Gasteiger partial charge in [-0.3, -0.25) is 4.79 Å². The second-order valence-corrected chi connectivity index (χ2v) is 3.89. The topological polar surface area (TPSA) is 62.1 Å². The van der Waals surface area contributed by atoms with E-state index in [1.807, 2.05) is 0 Å². The van der Waals surface area contributed by atoms with Gasteiger partial charge in [-0.2, -0.15) is 13.2 Å². The maximum absolute atomic E-state index is 12.4. The van der Waals surface area contributed by atoms with Crippen LogP contribution in [0.4, 0.5) is 13.2 Å². The molecule has 0 bridgehead atoms. The molecule has 2 rings (SSSR count). The fourth-order valence-corrected chi connectivity index (χ4v) is 1.85. The largest absolute Gasteiger partial charge is 0.548 e. The second-order valence-electron chi connectivity index (χ2n) is 3.89. The van der Waals surface area contributed by atoms with Crippen molar-refractivity contribution in [2.45, 2.75) is 12.7 Å². The zero-order valence-corrected chi connectivity index (χ0v) is 9.40. The van der Waals surface area contributed by atoms with E-state index in [-0.39, 0.29) is 10.9 Å². The maximum Gasteiger partial charge on any atom is 0.454 e. The molecule has 2 aromatic rings. The molecular weight excluding hydrogens is 263 g/mol. The van der Waals surface area contributed by atoms with Crippen LogP contribution in [0.15, 0.2) is 30.5 Å². The van der Waals surface area contributed by atoms with Crippen molar-refractivity contribution in [2.24, 2.45) is 0 Å². The first kappa shape index (κ1) is 13.1. The summed E-state index contributed by atoms with van der Waals surface area (Å²) in [5.41, 5.74) is -0.330. The lowest BCUT2D eigenvalue weighted by Crippen LogP contribution is -2.27. The summed E-state index contributed by atoms with van der Waals surface area (Å²) in [4.78, 5) is 21.8. The molecule has 0 N–H and O–H groups in total. The van der Waals surface area contributed by atoms with E-state index in [2.05, 4.69) is 0 Å². The number of Topliss-reactive ketones (excluding diaryl/α,β-unsaturated/α-hetero) is 1. The van der Waals surface area contributed by atoms with Crippen molar-refractivity contribution in [3.63, 3.8) is 0 Å². The van der Waals surface area contributed by atoms with Crippen LogP contribution >= 0.6 is 0 Å². The van der Waals surface area contributed by atoms with Crippen molar-refractivity contribution in [1.82, 2.24) is 4.57 Å². The van der Waals surface area contributed by atoms with E-state index < -0.39 is 30.0 Å². The highest BCUT2D eigenvalue weighted by Crippen LogP contribution is 2.28. The zero-order chi connectivity index (χ0) is 14.2. The first-order valence-electron chi connectivity index (χ1n) is 5.20. The molecule has 0 saturated carbocycles. The number of carboxylic acids is 1. The Morgan fingerprint density at radius 2 is 1.84 bits per heavy atom. The van der Waals surface area contributed by atoms with Crippen LogP contribution < -0.4 is 5.11 Å². The molecule has 0 aliphatic heterocycles. The standard InChI is InChI=1S/C12H8F3NO3/c13-12(14,15)11(19)8-5-16(6-10(17)18)9-4-2-1-3-7(8)9/h1-5H,6H2,(H,17,18)/p-1. The number of carboxylic acid groups (broad SMARTS) is 1. The third-order valence-electron chi connectivity index (χ3n) is 2.59. The van der Waals surface area contributed by atoms with Gasteiger partial charge in [-0.15, -0.1) is 0 Å². The van der Waals surface area contributed by atoms with Crippen molar-refractivity contribution >= 4 is 22.7 Å². The van der Waals surface area contributed by atoms with Gasteiger partial charge in [0, 0.05) is 17.1 Å². The van der Waals surface area contributed by atoms with Crippen molar-refractivity contribution in [3.05, 3.63) is 36.0 Å². The highest BCUT2D eigenvalue weighted by atomic mass is 19.4. The van der Waals surface area contributed by atoms with Crippen LogP contribution in [0.3, 0.4) is 0 Å². The SMILES string of the molecule is O=C([O-])Cn1cc(C(=O)C(F)(F)F)c2ccccc21. The van der Waals surface area contributed by atoms with E-state index in [0.717, 1.165) is 10.8 Å². The summed E-state index contributed by atoms with van der Waals surface area (Å²) >= 11 is 0. The van der Waals surface area contributed by atoms with Gasteiger partial charge >= 0.3 is 6.18 Å². The molecule has 0 amide bonds. The number of aliphatic carboxylic acids is 1. The smallest absolute Gasteiger partial charge is 0.454 e. The maximum atomic E-state index is 12.4. The van der Waals surface area contributed by atoms with Gasteiger partial charge in [0.05, 0.1) is 18.1 Å². The fourth-order valence-electron chi connectivity index (χ4n) is 1.85. The Kier molecular flexibility index (Phi) is 3.05. The number of para-hydroxylation sites is 1. The van der Waals surface area contributed by atoms with E-state index in [4.69, 9.17) is 0 Å². The third kappa shape index (κ3) is 2.44. The lowest BCUT2D eigenvalue weighted by Gasteiger charge is -2.05. The second kappa shape index (κ2) is 4.42. The molecule has 1 heterocycles. The van der Waals surface area contributed by atoms with Crippen molar-refractivity contribution in [3.8, 4) is 0 Å². The molecule has 0 aliphatic rings. The van der Waals surface area contributed by atoms with Gasteiger partial charge in [-0.25, -0.2) is 0 Å². The van der Waals surface area contributed by atoms with Gasteiger partial charge < -0.3 is 14.5 Å². The molecule has 4 nitrogen and oxygen atoms in total. The average molecular weight is 270 g/mol. The number of alkyl halides is 3. The van der Waals surface area contributed by atoms with Gasteiger partial charge in [0.1, 0.15) is 0 Å². The number of fused-ring (bicyclic) bond motifs is 1. The van der Waals surface area contributed by atoms with Gasteiger partial charge in [0.2, 0.25) is 0 Å². The number of nitrogens with zero attached hydrogens (tertiary/aromatic N) is 1. The number of halogens is 3. The predicted molar refractivity (Wildman–Crippen MR) is 57.3 cm³/mol. The van der Waals surface area contributed by atoms with Crippen LogP contribution in [0.25, 0.3) is 10.9 Å². The Morgan fingerprint density at radius 1 is 1.21 bits per heavy atom. The summed E-state index contributed by atoms with van der Waals surface area (Å²) in [6.45, 7) is -0.619. The van der Waals surface area contributed by atoms with Gasteiger partial charge in [-0.1, -0.05) is 18.2 Å². The number of rotatable bonds is 3. The summed E-state index contributed by atoms with van der Waals surface area (Å²) in [7, 11) is 0. The molecule has 0 atom stereocenters. The van der Waals surface area contributed by atoms with E-state index >= 15 is 0 Å². The van der Waals surface area contributed by atoms with Crippen LogP contribution in [-0.4, -0.2) is 22.5 Å². The summed E-state index contributed by atoms with van der Waals surface area (Å²) in [5, 5.41) is 10.6. The van der Waals surface area contributed by atoms with Crippen LogP contribution in [0.1, 0.15) is 10.4 Å². The normalized spacial score (nSPS) is 11.7. The van der Waals surface area contributed by atoms with E-state index in [1.165, 1.54) is 24.3 Å². The van der Waals surface area contributed by atoms with Crippen molar-refractivity contribution < 1.29 is 27.9 Å². The molecule has 0 unspecified atom stereocenters. The molecule has 0 aliphatic carbocycles. The molecule has 7 heteroatoms. The first-order chi connectivity index (χ1) is 8.80. The number of carbonyl (C=O) groups excluding carboxylic acids is 2. The molecule has 0 spiro atoms. The Morgan fingerprint density at radius 3 is 2.42 bits per heavy atom. The Balaban J connectivity index is 2.63. The molecule has 1 aromatic heterocycles. The summed E-state index contributed by atoms with van der Waals surface area (Å²) in [5.74, 6) is -3.45. The number of ketones is 1. The average Bonchev–Trinajstić information content (AvgIpc) is 2.65. The molecule has 19 heavy (non-hydrogen) atoms. The molecule has 0 radical (unpaired) electrons. The lowest BCUT2D eigenvalue weighted by molar-refractivity contribution is -0.306. The van der Waals surface area contributed by atoms with Crippen molar-refractivity contribution in [2.75, 3.05) is 0 Å². The quantitative estimate of drug-likeness (QED) is 0.785. The minimum atomic E-state index is -5.00. The molecule has 100 valence electrons. The molecule has 0 saturated heterocycles. The number of aromatic nitrogens is 1. The minimum absolute atomic E-state index is 0.0612. The predicted octanol–water partition coefficient (Wildman–Crippen LogP) is 1.14. The van der Waals surface area contributed by atoms with E-state index in [1.54, 1.807) is 0 Å². The van der Waals surface area contributed by atoms with Crippen molar-refractivity contribution in [1.29, 1.82) is 0 Å². The van der Waals surface area contributed by atoms with Gasteiger partial charge in [-0.05, 0) is 6.07 Å². The first-order valence-corrected chi connectivity index (χ1v) is 5.20. The lowest BCUT2D eigenvalue weighted by atomic mass is 10.1. The Labute approximate surface area is 105 Å². The van der Waals surface area contributed by atoms with E-state index in [9.17, 15) is 27.9 Å². The molecular formula is C12H7F3NO3-. The van der Waals surface area contributed by atoms with Gasteiger partial charge in [0.15, 0.2) is 0 Å². The highest BCUT2D eigenvalue weighted by molar-refractivity contribution is 6.10. The number of benzene rings is 1. The number of carbonyl (C=O) groups is 2. The highest BCUT2D eigenvalue weighted by Gasteiger charge is 2.40. The number of hydrogen-bond acceptors (Lipinski definition) is 3. The van der Waals surface area contributed by atoms with Crippen LogP contribution in [0, 0.1) is 0 Å². The molecule has 0 fully saturated rings. The minimum Gasteiger partial charge on any atom is -0.548 e. The van der Waals surface area contributed by atoms with E-state index in [0.29, 0.717) is 0 Å². The molecule has 1 aromatic carbocycles. The monoisotopic (exact) mass is 270 g/mol.